The molecule has 21 heavy (non-hydrogen) atoms. The molecule has 2 aromatic carbocycles. The Kier molecular flexibility index (Phi) is 4.06. The molecule has 0 saturated carbocycles. The van der Waals surface area contributed by atoms with Gasteiger partial charge in [0.15, 0.2) is 0 Å². The van der Waals surface area contributed by atoms with E-state index in [9.17, 15) is 9.59 Å². The van der Waals surface area contributed by atoms with Crippen molar-refractivity contribution in [1.82, 2.24) is 0 Å². The number of anilines is 1. The van der Waals surface area contributed by atoms with E-state index in [2.05, 4.69) is 0 Å². The van der Waals surface area contributed by atoms with E-state index >= 15 is 0 Å². The summed E-state index contributed by atoms with van der Waals surface area (Å²) in [6.45, 7) is 0. The number of nitrogens with two attached hydrogens (primary N) is 3. The lowest BCUT2D eigenvalue weighted by Gasteiger charge is -2.14. The van der Waals surface area contributed by atoms with E-state index in [1.54, 1.807) is 24.3 Å². The van der Waals surface area contributed by atoms with Gasteiger partial charge in [0.25, 0.3) is 5.91 Å². The van der Waals surface area contributed by atoms with Crippen LogP contribution in [0.3, 0.4) is 0 Å². The summed E-state index contributed by atoms with van der Waals surface area (Å²) < 4.78 is 0. The molecule has 0 aliphatic carbocycles. The zero-order valence-corrected chi connectivity index (χ0v) is 12.2. The van der Waals surface area contributed by atoms with Gasteiger partial charge in [-0.05, 0) is 23.8 Å². The Bertz CT molecular complexity index is 743. The molecule has 0 heterocycles. The van der Waals surface area contributed by atoms with Gasteiger partial charge in [0.05, 0.1) is 21.2 Å². The molecule has 6 N–H and O–H groups in total. The summed E-state index contributed by atoms with van der Waals surface area (Å²) in [6, 6.07) is 7.77. The van der Waals surface area contributed by atoms with Crippen molar-refractivity contribution in [2.75, 3.05) is 5.73 Å². The molecule has 0 radical (unpaired) electrons. The molecule has 0 aromatic heterocycles. The molecular weight excluding hydrogens is 313 g/mol. The Morgan fingerprint density at radius 3 is 2.00 bits per heavy atom. The van der Waals surface area contributed by atoms with Gasteiger partial charge >= 0.3 is 0 Å². The SMILES string of the molecule is NC(=O)c1cc(Cl)c(C(N)=O)c(-c2ccc(N)cc2)c1Cl. The van der Waals surface area contributed by atoms with Gasteiger partial charge in [0.1, 0.15) is 0 Å². The number of primary amides is 2. The highest BCUT2D eigenvalue weighted by molar-refractivity contribution is 6.41. The highest BCUT2D eigenvalue weighted by atomic mass is 35.5. The van der Waals surface area contributed by atoms with Gasteiger partial charge in [-0.15, -0.1) is 0 Å². The van der Waals surface area contributed by atoms with E-state index in [4.69, 9.17) is 40.4 Å². The van der Waals surface area contributed by atoms with Crippen molar-refractivity contribution in [1.29, 1.82) is 0 Å². The van der Waals surface area contributed by atoms with Crippen LogP contribution in [0.15, 0.2) is 30.3 Å². The summed E-state index contributed by atoms with van der Waals surface area (Å²) in [5, 5.41) is 0.0259. The average Bonchev–Trinajstić information content (AvgIpc) is 2.41. The number of benzene rings is 2. The molecule has 0 aliphatic heterocycles. The van der Waals surface area contributed by atoms with Crippen LogP contribution in [0.2, 0.25) is 10.0 Å². The Morgan fingerprint density at radius 2 is 1.52 bits per heavy atom. The molecule has 5 nitrogen and oxygen atoms in total. The summed E-state index contributed by atoms with van der Waals surface area (Å²) in [7, 11) is 0. The number of carbonyl (C=O) groups excluding carboxylic acids is 2. The van der Waals surface area contributed by atoms with Gasteiger partial charge in [0, 0.05) is 11.3 Å². The van der Waals surface area contributed by atoms with E-state index in [0.29, 0.717) is 11.3 Å². The molecule has 0 bridgehead atoms. The smallest absolute Gasteiger partial charge is 0.250 e. The van der Waals surface area contributed by atoms with Crippen LogP contribution in [0.5, 0.6) is 0 Å². The lowest BCUT2D eigenvalue weighted by atomic mass is 9.96. The van der Waals surface area contributed by atoms with Crippen molar-refractivity contribution in [3.8, 4) is 11.1 Å². The first-order chi connectivity index (χ1) is 9.82. The third-order valence-electron chi connectivity index (χ3n) is 2.93. The van der Waals surface area contributed by atoms with Crippen molar-refractivity contribution in [2.45, 2.75) is 0 Å². The second kappa shape index (κ2) is 5.63. The Balaban J connectivity index is 2.86. The van der Waals surface area contributed by atoms with Gasteiger partial charge in [-0.2, -0.15) is 0 Å². The Labute approximate surface area is 130 Å². The summed E-state index contributed by atoms with van der Waals surface area (Å²) in [5.74, 6) is -1.51. The van der Waals surface area contributed by atoms with Crippen LogP contribution in [0.25, 0.3) is 11.1 Å². The molecule has 108 valence electrons. The molecule has 0 unspecified atom stereocenters. The first-order valence-electron chi connectivity index (χ1n) is 5.80. The van der Waals surface area contributed by atoms with Crippen LogP contribution in [0.1, 0.15) is 20.7 Å². The van der Waals surface area contributed by atoms with Crippen LogP contribution >= 0.6 is 23.2 Å². The summed E-state index contributed by atoms with van der Waals surface area (Å²) in [4.78, 5) is 23.1. The van der Waals surface area contributed by atoms with Crippen LogP contribution in [-0.4, -0.2) is 11.8 Å². The van der Waals surface area contributed by atoms with E-state index in [1.165, 1.54) is 6.07 Å². The third-order valence-corrected chi connectivity index (χ3v) is 3.62. The van der Waals surface area contributed by atoms with E-state index in [-0.39, 0.29) is 26.7 Å². The lowest BCUT2D eigenvalue weighted by molar-refractivity contribution is 0.0989. The van der Waals surface area contributed by atoms with Gasteiger partial charge in [0.2, 0.25) is 5.91 Å². The summed E-state index contributed by atoms with van der Waals surface area (Å²) in [6.07, 6.45) is 0. The number of hydrogen-bond acceptors (Lipinski definition) is 3. The molecule has 0 atom stereocenters. The number of amides is 2. The standard InChI is InChI=1S/C14H11Cl2N3O2/c15-9-5-8(13(18)20)12(16)10(11(9)14(19)21)6-1-3-7(17)4-2-6/h1-5H,17H2,(H2,18,20)(H2,19,21). The fourth-order valence-electron chi connectivity index (χ4n) is 1.97. The van der Waals surface area contributed by atoms with E-state index in [1.807, 2.05) is 0 Å². The molecule has 0 aliphatic rings. The number of carbonyl (C=O) groups is 2. The molecule has 0 fully saturated rings. The number of halogens is 2. The molecule has 2 amide bonds. The van der Waals surface area contributed by atoms with Crippen LogP contribution in [0.4, 0.5) is 5.69 Å². The van der Waals surface area contributed by atoms with Gasteiger partial charge < -0.3 is 17.2 Å². The fraction of sp³-hybridized carbons (Fsp3) is 0. The van der Waals surface area contributed by atoms with Crippen molar-refractivity contribution in [2.24, 2.45) is 11.5 Å². The minimum absolute atomic E-state index is 0.00697. The first kappa shape index (κ1) is 15.2. The maximum Gasteiger partial charge on any atom is 0.250 e. The topological polar surface area (TPSA) is 112 Å². The minimum atomic E-state index is -0.759. The minimum Gasteiger partial charge on any atom is -0.399 e. The quantitative estimate of drug-likeness (QED) is 0.754. The van der Waals surface area contributed by atoms with Crippen LogP contribution in [-0.2, 0) is 0 Å². The fourth-order valence-corrected chi connectivity index (χ4v) is 2.62. The predicted octanol–water partition coefficient (Wildman–Crippen LogP) is 2.44. The Hall–Kier alpha value is -2.24. The van der Waals surface area contributed by atoms with E-state index < -0.39 is 11.8 Å². The van der Waals surface area contributed by atoms with Crippen LogP contribution < -0.4 is 17.2 Å². The number of nitrogen functional groups attached to an aromatic ring is 1. The zero-order chi connectivity index (χ0) is 15.7. The summed E-state index contributed by atoms with van der Waals surface area (Å²) >= 11 is 12.2. The highest BCUT2D eigenvalue weighted by Gasteiger charge is 2.22. The number of hydrogen-bond donors (Lipinski definition) is 3. The maximum absolute atomic E-state index is 11.7. The molecule has 0 saturated heterocycles. The highest BCUT2D eigenvalue weighted by Crippen LogP contribution is 2.38. The predicted molar refractivity (Wildman–Crippen MR) is 83.3 cm³/mol. The third kappa shape index (κ3) is 2.79. The molecular formula is C14H11Cl2N3O2. The molecule has 2 rings (SSSR count). The zero-order valence-electron chi connectivity index (χ0n) is 10.7. The molecule has 2 aromatic rings. The van der Waals surface area contributed by atoms with E-state index in [0.717, 1.165) is 0 Å². The van der Waals surface area contributed by atoms with Crippen molar-refractivity contribution in [3.05, 3.63) is 51.5 Å². The largest absolute Gasteiger partial charge is 0.399 e. The average molecular weight is 324 g/mol. The Morgan fingerprint density at radius 1 is 0.952 bits per heavy atom. The summed E-state index contributed by atoms with van der Waals surface area (Å²) in [5.41, 5.74) is 17.6. The monoisotopic (exact) mass is 323 g/mol. The normalized spacial score (nSPS) is 10.4. The van der Waals surface area contributed by atoms with Crippen molar-refractivity contribution >= 4 is 40.7 Å². The van der Waals surface area contributed by atoms with Crippen molar-refractivity contribution in [3.63, 3.8) is 0 Å². The van der Waals surface area contributed by atoms with Gasteiger partial charge in [-0.1, -0.05) is 35.3 Å². The van der Waals surface area contributed by atoms with Gasteiger partial charge in [-0.3, -0.25) is 9.59 Å². The second-order valence-electron chi connectivity index (χ2n) is 4.32. The molecule has 7 heteroatoms. The van der Waals surface area contributed by atoms with Gasteiger partial charge in [-0.25, -0.2) is 0 Å². The first-order valence-corrected chi connectivity index (χ1v) is 6.56. The lowest BCUT2D eigenvalue weighted by Crippen LogP contribution is -2.17. The number of rotatable bonds is 3. The second-order valence-corrected chi connectivity index (χ2v) is 5.11. The maximum atomic E-state index is 11.7. The van der Waals surface area contributed by atoms with Crippen LogP contribution in [0, 0.1) is 0 Å². The molecule has 0 spiro atoms. The van der Waals surface area contributed by atoms with Crippen molar-refractivity contribution < 1.29 is 9.59 Å².